The summed E-state index contributed by atoms with van der Waals surface area (Å²) in [5, 5.41) is 10.5. The number of anilines is 1. The third-order valence-corrected chi connectivity index (χ3v) is 2.97. The first-order valence-electron chi connectivity index (χ1n) is 6.47. The van der Waals surface area contributed by atoms with Gasteiger partial charge in [0.2, 0.25) is 0 Å². The Kier molecular flexibility index (Phi) is 4.71. The van der Waals surface area contributed by atoms with E-state index in [4.69, 9.17) is 10.5 Å². The molecule has 0 atom stereocenters. The van der Waals surface area contributed by atoms with Gasteiger partial charge in [0.05, 0.1) is 17.6 Å². The molecule has 2 aromatic rings. The van der Waals surface area contributed by atoms with Gasteiger partial charge >= 0.3 is 0 Å². The van der Waals surface area contributed by atoms with Gasteiger partial charge in [-0.05, 0) is 36.6 Å². The Morgan fingerprint density at radius 3 is 2.52 bits per heavy atom. The number of halogens is 1. The summed E-state index contributed by atoms with van der Waals surface area (Å²) in [6.07, 6.45) is 1.50. The van der Waals surface area contributed by atoms with E-state index in [1.807, 2.05) is 24.3 Å². The second-order valence-electron chi connectivity index (χ2n) is 4.57. The van der Waals surface area contributed by atoms with Gasteiger partial charge in [0, 0.05) is 11.8 Å². The molecule has 110 valence electrons. The van der Waals surface area contributed by atoms with Crippen LogP contribution in [0.3, 0.4) is 0 Å². The second-order valence-corrected chi connectivity index (χ2v) is 4.57. The zero-order chi connectivity index (χ0) is 15.2. The Bertz CT molecular complexity index is 629. The van der Waals surface area contributed by atoms with Crippen molar-refractivity contribution in [1.29, 1.82) is 0 Å². The summed E-state index contributed by atoms with van der Waals surface area (Å²) in [6, 6.07) is 10.9. The highest BCUT2D eigenvalue weighted by Crippen LogP contribution is 2.22. The van der Waals surface area contributed by atoms with Crippen molar-refractivity contribution in [1.82, 2.24) is 0 Å². The van der Waals surface area contributed by atoms with Gasteiger partial charge in [0.15, 0.2) is 11.6 Å². The lowest BCUT2D eigenvalue weighted by molar-refractivity contribution is -0.385. The van der Waals surface area contributed by atoms with Crippen LogP contribution < -0.4 is 10.5 Å². The van der Waals surface area contributed by atoms with Gasteiger partial charge in [-0.2, -0.15) is 0 Å². The van der Waals surface area contributed by atoms with Crippen LogP contribution in [0.2, 0.25) is 0 Å². The third-order valence-electron chi connectivity index (χ3n) is 2.97. The van der Waals surface area contributed by atoms with Crippen molar-refractivity contribution in [3.63, 3.8) is 0 Å². The van der Waals surface area contributed by atoms with Crippen LogP contribution in [-0.4, -0.2) is 11.5 Å². The lowest BCUT2D eigenvalue weighted by Gasteiger charge is -2.07. The predicted octanol–water partition coefficient (Wildman–Crippen LogP) is 3.33. The Morgan fingerprint density at radius 2 is 1.90 bits per heavy atom. The molecule has 2 N–H and O–H groups in total. The lowest BCUT2D eigenvalue weighted by atomic mass is 10.1. The molecule has 6 heteroatoms. The standard InChI is InChI=1S/C15H15FN2O3/c16-14-10-13(18(19)20)7-8-15(14)21-9-1-2-11-3-5-12(17)6-4-11/h3-8,10H,1-2,9,17H2. The molecule has 0 radical (unpaired) electrons. The molecule has 0 amide bonds. The summed E-state index contributed by atoms with van der Waals surface area (Å²) in [6.45, 7) is 0.332. The molecule has 0 saturated heterocycles. The Labute approximate surface area is 121 Å². The SMILES string of the molecule is Nc1ccc(CCCOc2ccc([N+](=O)[O-])cc2F)cc1. The highest BCUT2D eigenvalue weighted by molar-refractivity contribution is 5.39. The summed E-state index contributed by atoms with van der Waals surface area (Å²) >= 11 is 0. The van der Waals surface area contributed by atoms with Gasteiger partial charge in [-0.1, -0.05) is 12.1 Å². The zero-order valence-corrected chi connectivity index (χ0v) is 11.3. The van der Waals surface area contributed by atoms with Crippen LogP contribution in [0.4, 0.5) is 15.8 Å². The monoisotopic (exact) mass is 290 g/mol. The molecule has 0 aliphatic rings. The van der Waals surface area contributed by atoms with Crippen LogP contribution in [0.15, 0.2) is 42.5 Å². The maximum Gasteiger partial charge on any atom is 0.272 e. The first-order chi connectivity index (χ1) is 10.1. The number of nitro groups is 1. The van der Waals surface area contributed by atoms with Crippen LogP contribution in [-0.2, 0) is 6.42 Å². The minimum Gasteiger partial charge on any atom is -0.490 e. The molecule has 5 nitrogen and oxygen atoms in total. The molecule has 0 aliphatic heterocycles. The third kappa shape index (κ3) is 4.17. The van der Waals surface area contributed by atoms with E-state index in [1.54, 1.807) is 0 Å². The molecule has 0 aliphatic carbocycles. The fourth-order valence-corrected chi connectivity index (χ4v) is 1.86. The van der Waals surface area contributed by atoms with E-state index >= 15 is 0 Å². The smallest absolute Gasteiger partial charge is 0.272 e. The number of nitrogens with zero attached hydrogens (tertiary/aromatic N) is 1. The topological polar surface area (TPSA) is 78.4 Å². The van der Waals surface area contributed by atoms with E-state index in [1.165, 1.54) is 12.1 Å². The molecule has 0 aromatic heterocycles. The van der Waals surface area contributed by atoms with Gasteiger partial charge < -0.3 is 10.5 Å². The van der Waals surface area contributed by atoms with Crippen LogP contribution >= 0.6 is 0 Å². The molecule has 0 bridgehead atoms. The first-order valence-corrected chi connectivity index (χ1v) is 6.47. The molecule has 0 spiro atoms. The summed E-state index contributed by atoms with van der Waals surface area (Å²) in [4.78, 5) is 9.85. The summed E-state index contributed by atoms with van der Waals surface area (Å²) in [5.74, 6) is -0.699. The van der Waals surface area contributed by atoms with Crippen LogP contribution in [0.5, 0.6) is 5.75 Å². The number of aryl methyl sites for hydroxylation is 1. The van der Waals surface area contributed by atoms with Gasteiger partial charge in [0.25, 0.3) is 5.69 Å². The molecular weight excluding hydrogens is 275 g/mol. The van der Waals surface area contributed by atoms with E-state index in [2.05, 4.69) is 0 Å². The Hall–Kier alpha value is -2.63. The van der Waals surface area contributed by atoms with E-state index in [0.717, 1.165) is 18.1 Å². The summed E-state index contributed by atoms with van der Waals surface area (Å²) in [7, 11) is 0. The quantitative estimate of drug-likeness (QED) is 0.383. The van der Waals surface area contributed by atoms with Crippen molar-refractivity contribution >= 4 is 11.4 Å². The number of nitrogen functional groups attached to an aromatic ring is 1. The minimum absolute atomic E-state index is 0.0258. The van der Waals surface area contributed by atoms with Crippen LogP contribution in [0.25, 0.3) is 0 Å². The number of hydrogen-bond donors (Lipinski definition) is 1. The second kappa shape index (κ2) is 6.69. The molecule has 21 heavy (non-hydrogen) atoms. The van der Waals surface area contributed by atoms with Crippen molar-refractivity contribution < 1.29 is 14.1 Å². The molecule has 0 unspecified atom stereocenters. The predicted molar refractivity (Wildman–Crippen MR) is 77.7 cm³/mol. The van der Waals surface area contributed by atoms with E-state index < -0.39 is 10.7 Å². The van der Waals surface area contributed by atoms with Crippen molar-refractivity contribution in [3.8, 4) is 5.75 Å². The van der Waals surface area contributed by atoms with Gasteiger partial charge in [-0.3, -0.25) is 10.1 Å². The van der Waals surface area contributed by atoms with Crippen LogP contribution in [0.1, 0.15) is 12.0 Å². The van der Waals surface area contributed by atoms with Crippen molar-refractivity contribution in [2.75, 3.05) is 12.3 Å². The average molecular weight is 290 g/mol. The molecule has 0 heterocycles. The van der Waals surface area contributed by atoms with Crippen LogP contribution in [0, 0.1) is 15.9 Å². The zero-order valence-electron chi connectivity index (χ0n) is 11.3. The number of benzene rings is 2. The number of ether oxygens (including phenoxy) is 1. The highest BCUT2D eigenvalue weighted by atomic mass is 19.1. The van der Waals surface area contributed by atoms with E-state index in [9.17, 15) is 14.5 Å². The Balaban J connectivity index is 1.83. The molecule has 0 saturated carbocycles. The maximum absolute atomic E-state index is 13.6. The molecule has 0 fully saturated rings. The fraction of sp³-hybridized carbons (Fsp3) is 0.200. The molecule has 2 rings (SSSR count). The highest BCUT2D eigenvalue weighted by Gasteiger charge is 2.11. The average Bonchev–Trinajstić information content (AvgIpc) is 2.46. The van der Waals surface area contributed by atoms with Gasteiger partial charge in [0.1, 0.15) is 0 Å². The number of nitro benzene ring substituents is 1. The largest absolute Gasteiger partial charge is 0.490 e. The normalized spacial score (nSPS) is 10.3. The van der Waals surface area contributed by atoms with E-state index in [-0.39, 0.29) is 11.4 Å². The molecule has 2 aromatic carbocycles. The summed E-state index contributed by atoms with van der Waals surface area (Å²) < 4.78 is 18.9. The minimum atomic E-state index is -0.725. The maximum atomic E-state index is 13.6. The van der Waals surface area contributed by atoms with Crippen molar-refractivity contribution in [3.05, 3.63) is 64.0 Å². The van der Waals surface area contributed by atoms with Crippen molar-refractivity contribution in [2.45, 2.75) is 12.8 Å². The number of non-ortho nitro benzene ring substituents is 1. The lowest BCUT2D eigenvalue weighted by Crippen LogP contribution is -2.01. The van der Waals surface area contributed by atoms with Gasteiger partial charge in [-0.15, -0.1) is 0 Å². The summed E-state index contributed by atoms with van der Waals surface area (Å²) in [5.41, 5.74) is 7.14. The van der Waals surface area contributed by atoms with Gasteiger partial charge in [-0.25, -0.2) is 4.39 Å². The Morgan fingerprint density at radius 1 is 1.19 bits per heavy atom. The fourth-order valence-electron chi connectivity index (χ4n) is 1.86. The number of nitrogens with two attached hydrogens (primary N) is 1. The van der Waals surface area contributed by atoms with E-state index in [0.29, 0.717) is 18.7 Å². The number of rotatable bonds is 6. The van der Waals surface area contributed by atoms with Crippen molar-refractivity contribution in [2.24, 2.45) is 0 Å². The number of hydrogen-bond acceptors (Lipinski definition) is 4. The molecular formula is C15H15FN2O3. The first kappa shape index (κ1) is 14.8.